The molecule has 1 N–H and O–H groups in total. The predicted octanol–water partition coefficient (Wildman–Crippen LogP) is 5.47. The second kappa shape index (κ2) is 7.56. The van der Waals surface area contributed by atoms with Crippen LogP contribution in [0.4, 0.5) is 5.69 Å². The number of nitrogens with zero attached hydrogens (tertiary/aromatic N) is 3. The van der Waals surface area contributed by atoms with Gasteiger partial charge in [0.05, 0.1) is 0 Å². The van der Waals surface area contributed by atoms with E-state index >= 15 is 0 Å². The highest BCUT2D eigenvalue weighted by molar-refractivity contribution is 7.99. The third-order valence-electron chi connectivity index (χ3n) is 4.77. The summed E-state index contributed by atoms with van der Waals surface area (Å²) in [6, 6.07) is 22.5. The van der Waals surface area contributed by atoms with Gasteiger partial charge >= 0.3 is 0 Å². The second-order valence-electron chi connectivity index (χ2n) is 6.60. The van der Waals surface area contributed by atoms with Crippen LogP contribution in [-0.2, 0) is 0 Å². The van der Waals surface area contributed by atoms with Gasteiger partial charge in [-0.15, -0.1) is 16.8 Å². The summed E-state index contributed by atoms with van der Waals surface area (Å²) in [5.41, 5.74) is 3.54. The van der Waals surface area contributed by atoms with Crippen LogP contribution in [0.5, 0.6) is 5.88 Å². The lowest BCUT2D eigenvalue weighted by atomic mass is 10.0. The van der Waals surface area contributed by atoms with E-state index in [1.807, 2.05) is 48.5 Å². The second-order valence-corrected chi connectivity index (χ2v) is 7.59. The van der Waals surface area contributed by atoms with Crippen molar-refractivity contribution < 1.29 is 4.74 Å². The molecule has 1 unspecified atom stereocenters. The Hall–Kier alpha value is -3.38. The molecule has 0 fully saturated rings. The standard InChI is InChI=1S/C23H18N4OS/c1-2-14-29-23-25-22-20(26-27-23)18-11-5-6-13-19(18)24-21(28-22)17-12-7-9-15-8-3-4-10-16(15)17/h2-13,21,24H,1,14H2. The quantitative estimate of drug-likeness (QED) is 0.363. The van der Waals surface area contributed by atoms with E-state index in [4.69, 9.17) is 4.74 Å². The SMILES string of the molecule is C=CCSc1nnc2c(n1)OC(c1cccc3ccccc13)Nc1ccccc1-2. The lowest BCUT2D eigenvalue weighted by Gasteiger charge is -2.21. The number of aromatic nitrogens is 3. The first-order valence-electron chi connectivity index (χ1n) is 9.32. The molecule has 2 heterocycles. The van der Waals surface area contributed by atoms with E-state index in [0.29, 0.717) is 22.5 Å². The molecule has 0 radical (unpaired) electrons. The molecular weight excluding hydrogens is 380 g/mol. The number of ether oxygens (including phenoxy) is 1. The lowest BCUT2D eigenvalue weighted by Crippen LogP contribution is -2.17. The Morgan fingerprint density at radius 3 is 2.76 bits per heavy atom. The van der Waals surface area contributed by atoms with Crippen molar-refractivity contribution in [2.24, 2.45) is 0 Å². The Labute approximate surface area is 172 Å². The van der Waals surface area contributed by atoms with Crippen LogP contribution in [0.1, 0.15) is 11.8 Å². The highest BCUT2D eigenvalue weighted by Gasteiger charge is 2.26. The van der Waals surface area contributed by atoms with E-state index in [0.717, 1.165) is 27.6 Å². The molecule has 5 rings (SSSR count). The highest BCUT2D eigenvalue weighted by atomic mass is 32.2. The summed E-state index contributed by atoms with van der Waals surface area (Å²) in [6.45, 7) is 3.75. The Kier molecular flexibility index (Phi) is 4.62. The van der Waals surface area contributed by atoms with Gasteiger partial charge in [0.25, 0.3) is 0 Å². The van der Waals surface area contributed by atoms with Crippen LogP contribution in [0.2, 0.25) is 0 Å². The molecular formula is C23H18N4OS. The van der Waals surface area contributed by atoms with Crippen molar-refractivity contribution in [3.63, 3.8) is 0 Å². The molecule has 1 aliphatic rings. The molecule has 5 nitrogen and oxygen atoms in total. The van der Waals surface area contributed by atoms with Crippen molar-refractivity contribution in [1.29, 1.82) is 0 Å². The van der Waals surface area contributed by atoms with Crippen molar-refractivity contribution in [3.8, 4) is 17.1 Å². The van der Waals surface area contributed by atoms with E-state index in [2.05, 4.69) is 51.3 Å². The van der Waals surface area contributed by atoms with Crippen LogP contribution < -0.4 is 10.1 Å². The Bertz CT molecular complexity index is 1210. The number of rotatable bonds is 4. The maximum atomic E-state index is 6.39. The zero-order valence-corrected chi connectivity index (χ0v) is 16.4. The van der Waals surface area contributed by atoms with Crippen LogP contribution in [0.3, 0.4) is 0 Å². The van der Waals surface area contributed by atoms with Crippen LogP contribution >= 0.6 is 11.8 Å². The molecule has 0 saturated carbocycles. The predicted molar refractivity (Wildman–Crippen MR) is 117 cm³/mol. The van der Waals surface area contributed by atoms with Gasteiger partial charge in [-0.1, -0.05) is 78.5 Å². The van der Waals surface area contributed by atoms with Gasteiger partial charge in [-0.25, -0.2) is 0 Å². The summed E-state index contributed by atoms with van der Waals surface area (Å²) >= 11 is 1.48. The molecule has 6 heteroatoms. The van der Waals surface area contributed by atoms with Gasteiger partial charge < -0.3 is 10.1 Å². The number of hydrogen-bond donors (Lipinski definition) is 1. The van der Waals surface area contributed by atoms with E-state index in [1.54, 1.807) is 0 Å². The molecule has 0 bridgehead atoms. The fourth-order valence-corrected chi connectivity index (χ4v) is 3.97. The van der Waals surface area contributed by atoms with E-state index in [-0.39, 0.29) is 0 Å². The van der Waals surface area contributed by atoms with E-state index < -0.39 is 6.23 Å². The molecule has 3 aromatic carbocycles. The monoisotopic (exact) mass is 398 g/mol. The number of fused-ring (bicyclic) bond motifs is 4. The summed E-state index contributed by atoms with van der Waals surface area (Å²) in [7, 11) is 0. The fraction of sp³-hybridized carbons (Fsp3) is 0.0870. The minimum absolute atomic E-state index is 0.405. The minimum atomic E-state index is -0.405. The molecule has 0 saturated heterocycles. The average Bonchev–Trinajstić information content (AvgIpc) is 2.93. The molecule has 0 amide bonds. The largest absolute Gasteiger partial charge is 0.448 e. The number of para-hydroxylation sites is 1. The third-order valence-corrected chi connectivity index (χ3v) is 5.60. The van der Waals surface area contributed by atoms with Crippen molar-refractivity contribution >= 4 is 28.2 Å². The number of hydrogen-bond acceptors (Lipinski definition) is 6. The number of anilines is 1. The third kappa shape index (κ3) is 3.32. The molecule has 1 aromatic heterocycles. The Morgan fingerprint density at radius 2 is 1.83 bits per heavy atom. The van der Waals surface area contributed by atoms with Crippen LogP contribution in [0, 0.1) is 0 Å². The van der Waals surface area contributed by atoms with Crippen LogP contribution in [0.25, 0.3) is 22.0 Å². The molecule has 142 valence electrons. The molecule has 29 heavy (non-hydrogen) atoms. The summed E-state index contributed by atoms with van der Waals surface area (Å²) in [6.07, 6.45) is 1.41. The van der Waals surface area contributed by atoms with Crippen LogP contribution in [-0.4, -0.2) is 20.9 Å². The molecule has 4 aromatic rings. The van der Waals surface area contributed by atoms with Crippen molar-refractivity contribution in [1.82, 2.24) is 15.2 Å². The van der Waals surface area contributed by atoms with Gasteiger partial charge in [0.2, 0.25) is 11.0 Å². The van der Waals surface area contributed by atoms with E-state index in [1.165, 1.54) is 11.8 Å². The van der Waals surface area contributed by atoms with Crippen molar-refractivity contribution in [2.45, 2.75) is 11.4 Å². The molecule has 0 aliphatic carbocycles. The summed E-state index contributed by atoms with van der Waals surface area (Å²) in [5.74, 6) is 1.18. The number of nitrogens with one attached hydrogen (secondary N) is 1. The molecule has 0 spiro atoms. The topological polar surface area (TPSA) is 59.9 Å². The van der Waals surface area contributed by atoms with Gasteiger partial charge in [-0.05, 0) is 16.8 Å². The lowest BCUT2D eigenvalue weighted by molar-refractivity contribution is 0.226. The maximum Gasteiger partial charge on any atom is 0.247 e. The molecule has 1 aliphatic heterocycles. The Morgan fingerprint density at radius 1 is 1.00 bits per heavy atom. The van der Waals surface area contributed by atoms with E-state index in [9.17, 15) is 0 Å². The number of benzene rings is 3. The van der Waals surface area contributed by atoms with Gasteiger partial charge in [0, 0.05) is 22.6 Å². The van der Waals surface area contributed by atoms with Gasteiger partial charge in [-0.2, -0.15) is 4.98 Å². The summed E-state index contributed by atoms with van der Waals surface area (Å²) in [5, 5.41) is 15.1. The first-order chi connectivity index (χ1) is 14.3. The minimum Gasteiger partial charge on any atom is -0.448 e. The van der Waals surface area contributed by atoms with Crippen LogP contribution in [0.15, 0.2) is 84.5 Å². The zero-order valence-electron chi connectivity index (χ0n) is 15.6. The molecule has 1 atom stereocenters. The highest BCUT2D eigenvalue weighted by Crippen LogP contribution is 2.40. The zero-order chi connectivity index (χ0) is 19.6. The first-order valence-corrected chi connectivity index (χ1v) is 10.3. The first kappa shape index (κ1) is 17.7. The number of thioether (sulfide) groups is 1. The Balaban J connectivity index is 1.66. The fourth-order valence-electron chi connectivity index (χ4n) is 3.46. The van der Waals surface area contributed by atoms with Gasteiger partial charge in [0.1, 0.15) is 0 Å². The van der Waals surface area contributed by atoms with Crippen molar-refractivity contribution in [3.05, 3.63) is 84.9 Å². The average molecular weight is 398 g/mol. The van der Waals surface area contributed by atoms with Crippen molar-refractivity contribution in [2.75, 3.05) is 11.1 Å². The maximum absolute atomic E-state index is 6.39. The summed E-state index contributed by atoms with van der Waals surface area (Å²) < 4.78 is 6.39. The summed E-state index contributed by atoms with van der Waals surface area (Å²) in [4.78, 5) is 4.64. The van der Waals surface area contributed by atoms with Gasteiger partial charge in [0.15, 0.2) is 11.9 Å². The smallest absolute Gasteiger partial charge is 0.247 e. The normalized spacial score (nSPS) is 14.8. The van der Waals surface area contributed by atoms with Gasteiger partial charge in [-0.3, -0.25) is 0 Å².